The third-order valence-corrected chi connectivity index (χ3v) is 2.24. The van der Waals surface area contributed by atoms with Gasteiger partial charge in [-0.05, 0) is 30.2 Å². The smallest absolute Gasteiger partial charge is 0.351 e. The molecule has 88 valence electrons. The third-order valence-electron chi connectivity index (χ3n) is 2.24. The maximum absolute atomic E-state index is 11.3. The van der Waals surface area contributed by atoms with Crippen LogP contribution >= 0.6 is 0 Å². The van der Waals surface area contributed by atoms with E-state index in [4.69, 9.17) is 9.52 Å². The van der Waals surface area contributed by atoms with Crippen LogP contribution < -0.4 is 5.63 Å². The van der Waals surface area contributed by atoms with Crippen molar-refractivity contribution in [3.8, 4) is 11.8 Å². The van der Waals surface area contributed by atoms with E-state index in [1.165, 1.54) is 12.1 Å². The summed E-state index contributed by atoms with van der Waals surface area (Å²) in [6, 6.07) is 5.83. The van der Waals surface area contributed by atoms with Crippen LogP contribution in [-0.4, -0.2) is 17.4 Å². The Morgan fingerprint density at radius 2 is 2.11 bits per heavy atom. The first-order valence-corrected chi connectivity index (χ1v) is 4.88. The lowest BCUT2D eigenvalue weighted by Crippen LogP contribution is -2.12. The predicted octanol–water partition coefficient (Wildman–Crippen LogP) is 1.04. The first-order valence-electron chi connectivity index (χ1n) is 4.88. The van der Waals surface area contributed by atoms with E-state index in [9.17, 15) is 14.4 Å². The molecule has 5 nitrogen and oxygen atoms in total. The van der Waals surface area contributed by atoms with Crippen molar-refractivity contribution in [1.82, 2.24) is 0 Å². The van der Waals surface area contributed by atoms with Gasteiger partial charge in [-0.1, -0.05) is 5.92 Å². The van der Waals surface area contributed by atoms with Crippen LogP contribution in [0.4, 0.5) is 0 Å². The minimum absolute atomic E-state index is 0.265. The molecule has 0 atom stereocenters. The summed E-state index contributed by atoms with van der Waals surface area (Å²) in [6.07, 6.45) is 0.456. The van der Waals surface area contributed by atoms with Crippen molar-refractivity contribution in [2.75, 3.05) is 0 Å². The molecule has 0 unspecified atom stereocenters. The molecule has 2 rings (SSSR count). The molecule has 0 aliphatic heterocycles. The molecule has 0 saturated heterocycles. The SMILES string of the molecule is O=CC#Cc1ccc2oc(=O)c(C(=O)O)cc2c1. The molecule has 0 aliphatic carbocycles. The minimum Gasteiger partial charge on any atom is -0.477 e. The van der Waals surface area contributed by atoms with Crippen molar-refractivity contribution in [2.45, 2.75) is 0 Å². The van der Waals surface area contributed by atoms with Crippen LogP contribution in [0.15, 0.2) is 33.5 Å². The highest BCUT2D eigenvalue weighted by atomic mass is 16.4. The van der Waals surface area contributed by atoms with Crippen LogP contribution in [0.2, 0.25) is 0 Å². The largest absolute Gasteiger partial charge is 0.477 e. The number of fused-ring (bicyclic) bond motifs is 1. The summed E-state index contributed by atoms with van der Waals surface area (Å²) in [7, 11) is 0. The van der Waals surface area contributed by atoms with Gasteiger partial charge in [0.05, 0.1) is 0 Å². The number of benzene rings is 1. The standard InChI is InChI=1S/C13H6O5/c14-5-1-2-8-3-4-11-9(6-8)7-10(12(15)16)13(17)18-11/h3-7H,(H,15,16). The van der Waals surface area contributed by atoms with Crippen LogP contribution in [0.25, 0.3) is 11.0 Å². The highest BCUT2D eigenvalue weighted by molar-refractivity contribution is 5.91. The van der Waals surface area contributed by atoms with Crippen molar-refractivity contribution < 1.29 is 19.1 Å². The summed E-state index contributed by atoms with van der Waals surface area (Å²) in [5.41, 5.74) is -0.550. The van der Waals surface area contributed by atoms with Crippen molar-refractivity contribution in [2.24, 2.45) is 0 Å². The Morgan fingerprint density at radius 1 is 1.33 bits per heavy atom. The van der Waals surface area contributed by atoms with Crippen molar-refractivity contribution in [3.63, 3.8) is 0 Å². The zero-order chi connectivity index (χ0) is 13.1. The van der Waals surface area contributed by atoms with Gasteiger partial charge in [0, 0.05) is 10.9 Å². The van der Waals surface area contributed by atoms with Crippen LogP contribution in [0.3, 0.4) is 0 Å². The van der Waals surface area contributed by atoms with Crippen molar-refractivity contribution in [3.05, 3.63) is 45.8 Å². The highest BCUT2D eigenvalue weighted by Gasteiger charge is 2.11. The van der Waals surface area contributed by atoms with Gasteiger partial charge in [-0.25, -0.2) is 9.59 Å². The molecule has 0 spiro atoms. The van der Waals surface area contributed by atoms with E-state index in [1.54, 1.807) is 12.1 Å². The molecule has 1 aromatic heterocycles. The zero-order valence-electron chi connectivity index (χ0n) is 8.97. The average Bonchev–Trinajstić information content (AvgIpc) is 2.35. The van der Waals surface area contributed by atoms with Gasteiger partial charge >= 0.3 is 11.6 Å². The Balaban J connectivity index is 2.68. The van der Waals surface area contributed by atoms with Crippen LogP contribution in [0.5, 0.6) is 0 Å². The summed E-state index contributed by atoms with van der Waals surface area (Å²) in [6.45, 7) is 0. The van der Waals surface area contributed by atoms with Crippen LogP contribution in [0, 0.1) is 11.8 Å². The Hall–Kier alpha value is -2.87. The molecule has 0 bridgehead atoms. The average molecular weight is 242 g/mol. The third kappa shape index (κ3) is 2.13. The predicted molar refractivity (Wildman–Crippen MR) is 62.4 cm³/mol. The van der Waals surface area contributed by atoms with Crippen molar-refractivity contribution in [1.29, 1.82) is 0 Å². The number of hydrogen-bond acceptors (Lipinski definition) is 4. The number of carboxylic acids is 1. The number of carbonyl (C=O) groups excluding carboxylic acids is 1. The number of rotatable bonds is 1. The minimum atomic E-state index is -1.35. The molecule has 1 aromatic carbocycles. The zero-order valence-corrected chi connectivity index (χ0v) is 8.97. The van der Waals surface area contributed by atoms with E-state index in [1.807, 2.05) is 0 Å². The highest BCUT2D eigenvalue weighted by Crippen LogP contribution is 2.15. The van der Waals surface area contributed by atoms with E-state index >= 15 is 0 Å². The number of aromatic carboxylic acids is 1. The summed E-state index contributed by atoms with van der Waals surface area (Å²) < 4.78 is 4.86. The molecule has 0 amide bonds. The van der Waals surface area contributed by atoms with Gasteiger partial charge in [-0.3, -0.25) is 4.79 Å². The molecule has 0 fully saturated rings. The van der Waals surface area contributed by atoms with Gasteiger partial charge in [0.25, 0.3) is 0 Å². The number of aldehydes is 1. The first-order chi connectivity index (χ1) is 8.61. The summed E-state index contributed by atoms with van der Waals surface area (Å²) >= 11 is 0. The van der Waals surface area contributed by atoms with Gasteiger partial charge in [-0.15, -0.1) is 0 Å². The molecule has 2 aromatic rings. The monoisotopic (exact) mass is 242 g/mol. The lowest BCUT2D eigenvalue weighted by Gasteiger charge is -1.99. The van der Waals surface area contributed by atoms with E-state index in [0.29, 0.717) is 17.2 Å². The topological polar surface area (TPSA) is 84.6 Å². The van der Waals surface area contributed by atoms with E-state index < -0.39 is 17.2 Å². The van der Waals surface area contributed by atoms with E-state index in [2.05, 4.69) is 11.8 Å². The van der Waals surface area contributed by atoms with E-state index in [-0.39, 0.29) is 5.58 Å². The number of carboxylic acid groups (broad SMARTS) is 1. The fourth-order valence-electron chi connectivity index (χ4n) is 1.46. The quantitative estimate of drug-likeness (QED) is 0.459. The number of hydrogen-bond donors (Lipinski definition) is 1. The summed E-state index contributed by atoms with van der Waals surface area (Å²) in [4.78, 5) is 32.2. The fourth-order valence-corrected chi connectivity index (χ4v) is 1.46. The molecule has 18 heavy (non-hydrogen) atoms. The van der Waals surface area contributed by atoms with Crippen LogP contribution in [-0.2, 0) is 4.79 Å². The van der Waals surface area contributed by atoms with Gasteiger partial charge in [0.15, 0.2) is 6.29 Å². The van der Waals surface area contributed by atoms with Gasteiger partial charge < -0.3 is 9.52 Å². The molecular weight excluding hydrogens is 236 g/mol. The van der Waals surface area contributed by atoms with Gasteiger partial charge in [0.1, 0.15) is 11.1 Å². The second-order valence-electron chi connectivity index (χ2n) is 3.39. The molecule has 1 N–H and O–H groups in total. The summed E-state index contributed by atoms with van der Waals surface area (Å²) in [5, 5.41) is 9.24. The molecule has 0 radical (unpaired) electrons. The summed E-state index contributed by atoms with van der Waals surface area (Å²) in [5.74, 6) is 3.45. The normalized spacial score (nSPS) is 9.56. The molecular formula is C13H6O5. The van der Waals surface area contributed by atoms with Gasteiger partial charge in [0.2, 0.25) is 0 Å². The second kappa shape index (κ2) is 4.55. The molecule has 1 heterocycles. The maximum Gasteiger partial charge on any atom is 0.351 e. The lowest BCUT2D eigenvalue weighted by molar-refractivity contribution is -0.103. The Kier molecular flexibility index (Phi) is 2.94. The number of carbonyl (C=O) groups is 2. The van der Waals surface area contributed by atoms with Gasteiger partial charge in [-0.2, -0.15) is 0 Å². The van der Waals surface area contributed by atoms with Crippen molar-refractivity contribution >= 4 is 23.2 Å². The Labute approximate surface area is 101 Å². The fraction of sp³-hybridized carbons (Fsp3) is 0. The van der Waals surface area contributed by atoms with E-state index in [0.717, 1.165) is 0 Å². The lowest BCUT2D eigenvalue weighted by atomic mass is 10.1. The Bertz CT molecular complexity index is 758. The van der Waals surface area contributed by atoms with Crippen LogP contribution in [0.1, 0.15) is 15.9 Å². The first kappa shape index (κ1) is 11.6. The maximum atomic E-state index is 11.3. The molecule has 0 saturated carbocycles. The molecule has 0 aliphatic rings. The second-order valence-corrected chi connectivity index (χ2v) is 3.39. The molecule has 5 heteroatoms. The Morgan fingerprint density at radius 3 is 2.78 bits per heavy atom.